The van der Waals surface area contributed by atoms with E-state index in [-0.39, 0.29) is 24.7 Å². The zero-order valence-corrected chi connectivity index (χ0v) is 16.7. The number of phenolic OH excluding ortho intramolecular Hbond substituents is 2. The Labute approximate surface area is 167 Å². The third-order valence-corrected chi connectivity index (χ3v) is 4.64. The first-order chi connectivity index (χ1) is 12.4. The number of unbranched alkanes of at least 4 members (excludes halogenated alkanes) is 1. The van der Waals surface area contributed by atoms with Gasteiger partial charge in [0.1, 0.15) is 11.5 Å². The van der Waals surface area contributed by atoms with Gasteiger partial charge in [-0.15, -0.1) is 0 Å². The molecule has 2 aromatic rings. The number of hydrogen-bond acceptors (Lipinski definition) is 6. The first-order valence-electron chi connectivity index (χ1n) is 7.70. The summed E-state index contributed by atoms with van der Waals surface area (Å²) in [6.45, 7) is 0.388. The molecule has 6 nitrogen and oxygen atoms in total. The molecule has 26 heavy (non-hydrogen) atoms. The second-order valence-electron chi connectivity index (χ2n) is 5.31. The van der Waals surface area contributed by atoms with Crippen molar-refractivity contribution in [2.24, 2.45) is 0 Å². The van der Waals surface area contributed by atoms with Gasteiger partial charge in [-0.1, -0.05) is 0 Å². The van der Waals surface area contributed by atoms with E-state index in [1.165, 1.54) is 36.4 Å². The van der Waals surface area contributed by atoms with E-state index < -0.39 is 11.9 Å². The van der Waals surface area contributed by atoms with Gasteiger partial charge in [-0.2, -0.15) is 0 Å². The number of halogens is 2. The fourth-order valence-electron chi connectivity index (χ4n) is 1.97. The molecule has 0 aliphatic heterocycles. The largest absolute Gasteiger partial charge is 0.507 e. The van der Waals surface area contributed by atoms with Crippen LogP contribution in [-0.4, -0.2) is 35.4 Å². The SMILES string of the molecule is O=C(OCCCCOC(=O)c1ccc(O)c(Br)c1)c1ccc(O)c(Br)c1. The summed E-state index contributed by atoms with van der Waals surface area (Å²) in [5, 5.41) is 18.8. The van der Waals surface area contributed by atoms with E-state index in [4.69, 9.17) is 9.47 Å². The molecule has 0 unspecified atom stereocenters. The second kappa shape index (κ2) is 9.59. The molecule has 0 spiro atoms. The van der Waals surface area contributed by atoms with E-state index in [0.29, 0.717) is 32.9 Å². The Kier molecular flexibility index (Phi) is 7.47. The summed E-state index contributed by atoms with van der Waals surface area (Å²) in [4.78, 5) is 23.7. The highest BCUT2D eigenvalue weighted by Gasteiger charge is 2.11. The highest BCUT2D eigenvalue weighted by Crippen LogP contribution is 2.25. The molecule has 2 rings (SSSR count). The molecule has 138 valence electrons. The van der Waals surface area contributed by atoms with Crippen molar-refractivity contribution >= 4 is 43.8 Å². The van der Waals surface area contributed by atoms with Crippen molar-refractivity contribution in [3.8, 4) is 11.5 Å². The summed E-state index contributed by atoms with van der Waals surface area (Å²) < 4.78 is 11.1. The van der Waals surface area contributed by atoms with Gasteiger partial charge in [0.05, 0.1) is 33.3 Å². The zero-order valence-electron chi connectivity index (χ0n) is 13.6. The van der Waals surface area contributed by atoms with Crippen molar-refractivity contribution < 1.29 is 29.3 Å². The van der Waals surface area contributed by atoms with Gasteiger partial charge in [0.15, 0.2) is 0 Å². The molecule has 0 aliphatic rings. The summed E-state index contributed by atoms with van der Waals surface area (Å²) in [6, 6.07) is 8.72. The lowest BCUT2D eigenvalue weighted by Crippen LogP contribution is -2.09. The number of benzene rings is 2. The smallest absolute Gasteiger partial charge is 0.338 e. The number of hydrogen-bond donors (Lipinski definition) is 2. The van der Waals surface area contributed by atoms with E-state index in [2.05, 4.69) is 31.9 Å². The van der Waals surface area contributed by atoms with Crippen molar-refractivity contribution in [3.63, 3.8) is 0 Å². The lowest BCUT2D eigenvalue weighted by molar-refractivity contribution is 0.0432. The number of phenols is 2. The molecule has 0 heterocycles. The highest BCUT2D eigenvalue weighted by molar-refractivity contribution is 9.10. The lowest BCUT2D eigenvalue weighted by Gasteiger charge is -2.07. The van der Waals surface area contributed by atoms with Crippen LogP contribution in [0, 0.1) is 0 Å². The van der Waals surface area contributed by atoms with E-state index in [0.717, 1.165) is 0 Å². The Hall–Kier alpha value is -2.06. The summed E-state index contributed by atoms with van der Waals surface area (Å²) >= 11 is 6.27. The number of carbonyl (C=O) groups excluding carboxylic acids is 2. The summed E-state index contributed by atoms with van der Waals surface area (Å²) in [6.07, 6.45) is 1.08. The van der Waals surface area contributed by atoms with Gasteiger partial charge in [-0.05, 0) is 81.1 Å². The number of esters is 2. The highest BCUT2D eigenvalue weighted by atomic mass is 79.9. The first kappa shape index (κ1) is 20.3. The third-order valence-electron chi connectivity index (χ3n) is 3.37. The number of ether oxygens (including phenoxy) is 2. The Balaban J connectivity index is 1.67. The predicted molar refractivity (Wildman–Crippen MR) is 101 cm³/mol. The van der Waals surface area contributed by atoms with Gasteiger partial charge in [-0.25, -0.2) is 9.59 Å². The van der Waals surface area contributed by atoms with Crippen LogP contribution in [-0.2, 0) is 9.47 Å². The summed E-state index contributed by atoms with van der Waals surface area (Å²) in [7, 11) is 0. The van der Waals surface area contributed by atoms with E-state index in [1.807, 2.05) is 0 Å². The van der Waals surface area contributed by atoms with Crippen molar-refractivity contribution in [1.82, 2.24) is 0 Å². The monoisotopic (exact) mass is 486 g/mol. The molecule has 0 saturated heterocycles. The van der Waals surface area contributed by atoms with Crippen LogP contribution in [0.5, 0.6) is 11.5 Å². The zero-order chi connectivity index (χ0) is 19.1. The van der Waals surface area contributed by atoms with Gasteiger partial charge < -0.3 is 19.7 Å². The van der Waals surface area contributed by atoms with Gasteiger partial charge in [0.25, 0.3) is 0 Å². The maximum Gasteiger partial charge on any atom is 0.338 e. The molecule has 0 aromatic heterocycles. The Morgan fingerprint density at radius 1 is 0.769 bits per heavy atom. The van der Waals surface area contributed by atoms with Crippen LogP contribution < -0.4 is 0 Å². The standard InChI is InChI=1S/C18H16Br2O6/c19-13-9-11(3-5-15(13)21)17(23)25-7-1-2-8-26-18(24)12-4-6-16(22)14(20)10-12/h3-6,9-10,21-22H,1-2,7-8H2. The summed E-state index contributed by atoms with van der Waals surface area (Å²) in [5.41, 5.74) is 0.665. The van der Waals surface area contributed by atoms with E-state index in [9.17, 15) is 19.8 Å². The van der Waals surface area contributed by atoms with E-state index in [1.54, 1.807) is 0 Å². The van der Waals surface area contributed by atoms with E-state index >= 15 is 0 Å². The number of rotatable bonds is 7. The van der Waals surface area contributed by atoms with Gasteiger partial charge >= 0.3 is 11.9 Å². The average molecular weight is 488 g/mol. The van der Waals surface area contributed by atoms with Crippen LogP contribution in [0.25, 0.3) is 0 Å². The second-order valence-corrected chi connectivity index (χ2v) is 7.02. The first-order valence-corrected chi connectivity index (χ1v) is 9.28. The molecule has 2 N–H and O–H groups in total. The average Bonchev–Trinajstić information content (AvgIpc) is 2.62. The van der Waals surface area contributed by atoms with Crippen molar-refractivity contribution in [3.05, 3.63) is 56.5 Å². The maximum atomic E-state index is 11.9. The summed E-state index contributed by atoms with van der Waals surface area (Å²) in [5.74, 6) is -0.888. The Morgan fingerprint density at radius 2 is 1.15 bits per heavy atom. The van der Waals surface area contributed by atoms with Crippen molar-refractivity contribution in [1.29, 1.82) is 0 Å². The van der Waals surface area contributed by atoms with Crippen molar-refractivity contribution in [2.75, 3.05) is 13.2 Å². The van der Waals surface area contributed by atoms with Crippen LogP contribution in [0.4, 0.5) is 0 Å². The van der Waals surface area contributed by atoms with Crippen LogP contribution >= 0.6 is 31.9 Å². The van der Waals surface area contributed by atoms with Gasteiger partial charge in [0, 0.05) is 0 Å². The predicted octanol–water partition coefficient (Wildman–Crippen LogP) is 4.42. The molecular formula is C18H16Br2O6. The molecule has 8 heteroatoms. The van der Waals surface area contributed by atoms with Crippen LogP contribution in [0.1, 0.15) is 33.6 Å². The minimum Gasteiger partial charge on any atom is -0.507 e. The van der Waals surface area contributed by atoms with Crippen LogP contribution in [0.3, 0.4) is 0 Å². The molecule has 0 bridgehead atoms. The minimum atomic E-state index is -0.489. The van der Waals surface area contributed by atoms with Gasteiger partial charge in [-0.3, -0.25) is 0 Å². The third kappa shape index (κ3) is 5.74. The molecule has 0 radical (unpaired) electrons. The topological polar surface area (TPSA) is 93.1 Å². The fraction of sp³-hybridized carbons (Fsp3) is 0.222. The number of carbonyl (C=O) groups is 2. The molecule has 0 amide bonds. The normalized spacial score (nSPS) is 10.4. The molecule has 0 aliphatic carbocycles. The fourth-order valence-corrected chi connectivity index (χ4v) is 2.73. The Bertz CT molecular complexity index is 739. The molecule has 0 saturated carbocycles. The van der Waals surface area contributed by atoms with Crippen LogP contribution in [0.15, 0.2) is 45.3 Å². The van der Waals surface area contributed by atoms with Crippen molar-refractivity contribution in [2.45, 2.75) is 12.8 Å². The van der Waals surface area contributed by atoms with Crippen LogP contribution in [0.2, 0.25) is 0 Å². The Morgan fingerprint density at radius 3 is 1.50 bits per heavy atom. The molecule has 0 fully saturated rings. The molecular weight excluding hydrogens is 472 g/mol. The lowest BCUT2D eigenvalue weighted by atomic mass is 10.2. The maximum absolute atomic E-state index is 11.9. The minimum absolute atomic E-state index is 0.0454. The van der Waals surface area contributed by atoms with Gasteiger partial charge in [0.2, 0.25) is 0 Å². The molecule has 0 atom stereocenters. The quantitative estimate of drug-likeness (QED) is 0.443. The molecule has 2 aromatic carbocycles. The number of aromatic hydroxyl groups is 2.